The van der Waals surface area contributed by atoms with Crippen molar-refractivity contribution in [3.63, 3.8) is 0 Å². The Hall–Kier alpha value is -1.54. The molecule has 1 aromatic rings. The third-order valence-corrected chi connectivity index (χ3v) is 6.50. The predicted octanol–water partition coefficient (Wildman–Crippen LogP) is 2.48. The van der Waals surface area contributed by atoms with Gasteiger partial charge in [0.2, 0.25) is 0 Å². The van der Waals surface area contributed by atoms with Gasteiger partial charge in [-0.05, 0) is 24.5 Å². The van der Waals surface area contributed by atoms with Crippen LogP contribution in [-0.4, -0.2) is 44.4 Å². The molecule has 14 heteroatoms. The van der Waals surface area contributed by atoms with Gasteiger partial charge in [0.05, 0.1) is 5.69 Å². The van der Waals surface area contributed by atoms with Crippen LogP contribution in [-0.2, 0) is 26.6 Å². The zero-order valence-corrected chi connectivity index (χ0v) is 14.2. The summed E-state index contributed by atoms with van der Waals surface area (Å²) in [6, 6.07) is 4.99. The van der Waals surface area contributed by atoms with E-state index in [4.69, 9.17) is 4.55 Å². The van der Waals surface area contributed by atoms with E-state index in [1.54, 1.807) is 0 Å². The number of benzene rings is 1. The van der Waals surface area contributed by atoms with Crippen LogP contribution in [0.4, 0.5) is 32.0 Å². The summed E-state index contributed by atoms with van der Waals surface area (Å²) >= 11 is 0. The minimum atomic E-state index is -7.04. The van der Waals surface area contributed by atoms with Crippen LogP contribution >= 0.6 is 0 Å². The number of anilines is 1. The monoisotopic (exact) mass is 427 g/mol. The van der Waals surface area contributed by atoms with Gasteiger partial charge in [-0.3, -0.25) is 8.86 Å². The first-order valence-corrected chi connectivity index (χ1v) is 9.67. The molecule has 0 atom stereocenters. The molecule has 0 fully saturated rings. The van der Waals surface area contributed by atoms with E-state index in [1.807, 2.05) is 0 Å². The average Bonchev–Trinajstić information content (AvgIpc) is 2.52. The van der Waals surface area contributed by atoms with Crippen LogP contribution in [0, 0.1) is 0 Å². The van der Waals surface area contributed by atoms with Crippen molar-refractivity contribution in [3.8, 4) is 0 Å². The second-order valence-corrected chi connectivity index (χ2v) is 8.76. The van der Waals surface area contributed by atoms with Gasteiger partial charge < -0.3 is 0 Å². The van der Waals surface area contributed by atoms with Gasteiger partial charge >= 0.3 is 36.6 Å². The molecular weight excluding hydrogens is 416 g/mol. The molecule has 1 aliphatic rings. The summed E-state index contributed by atoms with van der Waals surface area (Å²) in [4.78, 5) is 0. The maximum Gasteiger partial charge on any atom is 0.439 e. The Morgan fingerprint density at radius 1 is 0.923 bits per heavy atom. The first kappa shape index (κ1) is 20.8. The van der Waals surface area contributed by atoms with Crippen molar-refractivity contribution in [1.82, 2.24) is 0 Å². The second kappa shape index (κ2) is 5.99. The molecule has 0 aliphatic carbocycles. The molecule has 0 spiro atoms. The lowest BCUT2D eigenvalue weighted by atomic mass is 10.0. The standard InChI is InChI=1S/C12H11F6NO5S2/c13-10(14,12(17,18)26(22,23)24)11(15,16)25(20,21)19-7-3-5-8-4-1-2-6-9(8)19/h1-2,4,6H,3,5,7H2,(H,22,23,24). The minimum Gasteiger partial charge on any atom is -0.281 e. The fourth-order valence-corrected chi connectivity index (χ4v) is 4.43. The largest absolute Gasteiger partial charge is 0.439 e. The molecule has 2 rings (SSSR count). The fraction of sp³-hybridized carbons (Fsp3) is 0.500. The van der Waals surface area contributed by atoms with Crippen molar-refractivity contribution >= 4 is 25.8 Å². The molecule has 0 aromatic heterocycles. The summed E-state index contributed by atoms with van der Waals surface area (Å²) < 4.78 is 135. The normalized spacial score (nSPS) is 17.1. The first-order chi connectivity index (χ1) is 11.6. The zero-order chi connectivity index (χ0) is 20.2. The molecule has 1 aromatic carbocycles. The Labute approximate surface area is 144 Å². The zero-order valence-electron chi connectivity index (χ0n) is 12.5. The fourth-order valence-electron chi connectivity index (χ4n) is 2.38. The predicted molar refractivity (Wildman–Crippen MR) is 77.4 cm³/mol. The first-order valence-electron chi connectivity index (χ1n) is 6.79. The van der Waals surface area contributed by atoms with E-state index in [9.17, 15) is 43.2 Å². The Balaban J connectivity index is 2.62. The van der Waals surface area contributed by atoms with E-state index in [0.717, 1.165) is 6.07 Å². The van der Waals surface area contributed by atoms with Crippen LogP contribution in [0.3, 0.4) is 0 Å². The van der Waals surface area contributed by atoms with Crippen LogP contribution in [0.2, 0.25) is 0 Å². The molecule has 0 bridgehead atoms. The Morgan fingerprint density at radius 2 is 1.46 bits per heavy atom. The van der Waals surface area contributed by atoms with E-state index in [0.29, 0.717) is 0 Å². The number of aryl methyl sites for hydroxylation is 1. The molecule has 1 aliphatic heterocycles. The minimum absolute atomic E-state index is 0.0629. The highest BCUT2D eigenvalue weighted by atomic mass is 32.2. The number of rotatable bonds is 5. The van der Waals surface area contributed by atoms with Crippen molar-refractivity contribution in [3.05, 3.63) is 29.8 Å². The van der Waals surface area contributed by atoms with E-state index < -0.39 is 48.8 Å². The number of nitrogens with zero attached hydrogens (tertiary/aromatic N) is 1. The molecule has 6 nitrogen and oxygen atoms in total. The third kappa shape index (κ3) is 2.74. The van der Waals surface area contributed by atoms with E-state index in [-0.39, 0.29) is 22.7 Å². The van der Waals surface area contributed by atoms with Gasteiger partial charge in [-0.25, -0.2) is 0 Å². The number of fused-ring (bicyclic) bond motifs is 1. The summed E-state index contributed by atoms with van der Waals surface area (Å²) in [5.74, 6) is -6.95. The van der Waals surface area contributed by atoms with Gasteiger partial charge in [0.1, 0.15) is 0 Å². The van der Waals surface area contributed by atoms with E-state index >= 15 is 0 Å². The Morgan fingerprint density at radius 3 is 2.00 bits per heavy atom. The number of alkyl halides is 6. The highest BCUT2D eigenvalue weighted by Crippen LogP contribution is 2.52. The van der Waals surface area contributed by atoms with Crippen LogP contribution in [0.15, 0.2) is 24.3 Å². The maximum atomic E-state index is 14.0. The SMILES string of the molecule is O=S(=O)(O)C(F)(F)C(F)(F)C(F)(F)S(=O)(=O)N1CCCc2ccccc21. The van der Waals surface area contributed by atoms with E-state index in [2.05, 4.69) is 0 Å². The van der Waals surface area contributed by atoms with Gasteiger partial charge in [-0.2, -0.15) is 43.2 Å². The molecular formula is C12H11F6NO5S2. The van der Waals surface area contributed by atoms with Crippen molar-refractivity contribution in [2.75, 3.05) is 10.8 Å². The highest BCUT2D eigenvalue weighted by molar-refractivity contribution is 7.94. The molecule has 0 saturated heterocycles. The van der Waals surface area contributed by atoms with Crippen LogP contribution in [0.25, 0.3) is 0 Å². The lowest BCUT2D eigenvalue weighted by Gasteiger charge is -2.36. The van der Waals surface area contributed by atoms with E-state index in [1.165, 1.54) is 18.2 Å². The molecule has 148 valence electrons. The van der Waals surface area contributed by atoms with Crippen LogP contribution < -0.4 is 4.31 Å². The summed E-state index contributed by atoms with van der Waals surface area (Å²) in [7, 11) is -13.5. The Bertz CT molecular complexity index is 916. The lowest BCUT2D eigenvalue weighted by Crippen LogP contribution is -2.63. The smallest absolute Gasteiger partial charge is 0.281 e. The van der Waals surface area contributed by atoms with Crippen molar-refractivity contribution in [1.29, 1.82) is 0 Å². The lowest BCUT2D eigenvalue weighted by molar-refractivity contribution is -0.245. The number of hydrogen-bond acceptors (Lipinski definition) is 4. The number of hydrogen-bond donors (Lipinski definition) is 1. The summed E-state index contributed by atoms with van der Waals surface area (Å²) in [5, 5.41) is -13.3. The van der Waals surface area contributed by atoms with Gasteiger partial charge in [-0.15, -0.1) is 0 Å². The summed E-state index contributed by atoms with van der Waals surface area (Å²) in [6.07, 6.45) is 0.165. The second-order valence-electron chi connectivity index (χ2n) is 5.39. The molecule has 26 heavy (non-hydrogen) atoms. The molecule has 0 unspecified atom stereocenters. The van der Waals surface area contributed by atoms with Crippen LogP contribution in [0.5, 0.6) is 0 Å². The van der Waals surface area contributed by atoms with Gasteiger partial charge in [-0.1, -0.05) is 18.2 Å². The number of halogens is 6. The topological polar surface area (TPSA) is 91.7 Å². The maximum absolute atomic E-state index is 14.0. The average molecular weight is 427 g/mol. The number of sulfonamides is 1. The highest BCUT2D eigenvalue weighted by Gasteiger charge is 2.82. The summed E-state index contributed by atoms with van der Waals surface area (Å²) in [6.45, 7) is -0.706. The van der Waals surface area contributed by atoms with Crippen molar-refractivity contribution in [2.45, 2.75) is 29.3 Å². The van der Waals surface area contributed by atoms with Crippen molar-refractivity contribution < 1.29 is 47.7 Å². The van der Waals surface area contributed by atoms with Crippen molar-refractivity contribution in [2.24, 2.45) is 0 Å². The van der Waals surface area contributed by atoms with Gasteiger partial charge in [0, 0.05) is 6.54 Å². The molecule has 1 N–H and O–H groups in total. The molecule has 1 heterocycles. The quantitative estimate of drug-likeness (QED) is 0.576. The third-order valence-electron chi connectivity index (χ3n) is 3.74. The van der Waals surface area contributed by atoms with Gasteiger partial charge in [0.15, 0.2) is 0 Å². The Kier molecular flexibility index (Phi) is 4.78. The molecule has 0 amide bonds. The number of para-hydroxylation sites is 1. The molecule has 0 radical (unpaired) electrons. The molecule has 0 saturated carbocycles. The van der Waals surface area contributed by atoms with Crippen LogP contribution in [0.1, 0.15) is 12.0 Å². The van der Waals surface area contributed by atoms with Gasteiger partial charge in [0.25, 0.3) is 0 Å². The summed E-state index contributed by atoms with van der Waals surface area (Å²) in [5.41, 5.74) is -0.215.